The summed E-state index contributed by atoms with van der Waals surface area (Å²) in [4.78, 5) is 23.9. The Labute approximate surface area is 144 Å². The number of likely N-dealkylation sites (tertiary alicyclic amines) is 1. The molecule has 0 saturated carbocycles. The van der Waals surface area contributed by atoms with Gasteiger partial charge >= 0.3 is 0 Å². The zero-order valence-electron chi connectivity index (χ0n) is 14.4. The number of aromatic nitrogens is 1. The summed E-state index contributed by atoms with van der Waals surface area (Å²) in [6.07, 6.45) is 8.79. The molecule has 0 aromatic carbocycles. The summed E-state index contributed by atoms with van der Waals surface area (Å²) in [6, 6.07) is 4.16. The molecule has 2 fully saturated rings. The van der Waals surface area contributed by atoms with E-state index in [1.54, 1.807) is 0 Å². The maximum atomic E-state index is 12.9. The zero-order chi connectivity index (χ0) is 16.8. The predicted octanol–water partition coefficient (Wildman–Crippen LogP) is 1.77. The van der Waals surface area contributed by atoms with Crippen LogP contribution in [0.1, 0.15) is 24.8 Å². The summed E-state index contributed by atoms with van der Waals surface area (Å²) in [7, 11) is 0. The highest BCUT2D eigenvalue weighted by atomic mass is 16.2. The molecule has 24 heavy (non-hydrogen) atoms. The Bertz CT molecular complexity index is 548. The lowest BCUT2D eigenvalue weighted by atomic mass is 10.2. The lowest BCUT2D eigenvalue weighted by Gasteiger charge is -2.29. The van der Waals surface area contributed by atoms with E-state index in [-0.39, 0.29) is 6.04 Å². The van der Waals surface area contributed by atoms with Crippen molar-refractivity contribution < 1.29 is 4.79 Å². The van der Waals surface area contributed by atoms with Crippen LogP contribution in [0.15, 0.2) is 37.2 Å². The summed E-state index contributed by atoms with van der Waals surface area (Å²) >= 11 is 0. The topological polar surface area (TPSA) is 39.7 Å². The maximum absolute atomic E-state index is 12.9. The van der Waals surface area contributed by atoms with Gasteiger partial charge in [-0.15, -0.1) is 6.58 Å². The van der Waals surface area contributed by atoms with Gasteiger partial charge in [0.1, 0.15) is 0 Å². The quantitative estimate of drug-likeness (QED) is 0.772. The van der Waals surface area contributed by atoms with E-state index in [1.807, 2.05) is 24.5 Å². The fourth-order valence-corrected chi connectivity index (χ4v) is 3.80. The van der Waals surface area contributed by atoms with Gasteiger partial charge in [-0.3, -0.25) is 19.6 Å². The molecular weight excluding hydrogens is 300 g/mol. The fraction of sp³-hybridized carbons (Fsp3) is 0.579. The van der Waals surface area contributed by atoms with Crippen molar-refractivity contribution in [1.82, 2.24) is 19.7 Å². The maximum Gasteiger partial charge on any atom is 0.239 e. The van der Waals surface area contributed by atoms with Crippen molar-refractivity contribution in [3.8, 4) is 0 Å². The Kier molecular flexibility index (Phi) is 5.99. The van der Waals surface area contributed by atoms with Gasteiger partial charge in [-0.2, -0.15) is 0 Å². The highest BCUT2D eigenvalue weighted by molar-refractivity contribution is 5.82. The van der Waals surface area contributed by atoms with E-state index in [2.05, 4.69) is 32.3 Å². The van der Waals surface area contributed by atoms with Crippen molar-refractivity contribution in [3.63, 3.8) is 0 Å². The van der Waals surface area contributed by atoms with Gasteiger partial charge in [-0.1, -0.05) is 12.1 Å². The van der Waals surface area contributed by atoms with Crippen molar-refractivity contribution in [2.45, 2.75) is 31.8 Å². The summed E-state index contributed by atoms with van der Waals surface area (Å²) in [5, 5.41) is 0. The van der Waals surface area contributed by atoms with Crippen LogP contribution >= 0.6 is 0 Å². The van der Waals surface area contributed by atoms with E-state index in [4.69, 9.17) is 0 Å². The standard InChI is InChI=1S/C19H28N4O/c1-2-9-22-11-4-7-18(22)19(24)23-12-5-10-21(13-14-23)16-17-6-3-8-20-15-17/h2-3,6,8,15,18H,1,4-5,7,9-14,16H2/t18-/m0/s1. The molecule has 3 heterocycles. The van der Waals surface area contributed by atoms with Gasteiger partial charge in [0.2, 0.25) is 5.91 Å². The second-order valence-electron chi connectivity index (χ2n) is 6.76. The Morgan fingerprint density at radius 1 is 1.25 bits per heavy atom. The van der Waals surface area contributed by atoms with Gasteiger partial charge < -0.3 is 4.90 Å². The summed E-state index contributed by atoms with van der Waals surface area (Å²) in [5.41, 5.74) is 1.24. The van der Waals surface area contributed by atoms with Crippen LogP contribution in [0, 0.1) is 0 Å². The number of carbonyl (C=O) groups is 1. The Balaban J connectivity index is 1.55. The number of pyridine rings is 1. The summed E-state index contributed by atoms with van der Waals surface area (Å²) in [5.74, 6) is 0.317. The molecular formula is C19H28N4O. The first-order valence-electron chi connectivity index (χ1n) is 9.03. The predicted molar refractivity (Wildman–Crippen MR) is 95.5 cm³/mol. The van der Waals surface area contributed by atoms with Crippen LogP contribution in [0.5, 0.6) is 0 Å². The van der Waals surface area contributed by atoms with Crippen LogP contribution in [0.3, 0.4) is 0 Å². The lowest BCUT2D eigenvalue weighted by molar-refractivity contribution is -0.135. The monoisotopic (exact) mass is 328 g/mol. The Hall–Kier alpha value is -1.72. The Morgan fingerprint density at radius 3 is 2.96 bits per heavy atom. The van der Waals surface area contributed by atoms with E-state index in [0.717, 1.165) is 65.1 Å². The highest BCUT2D eigenvalue weighted by Gasteiger charge is 2.33. The molecule has 0 aliphatic carbocycles. The van der Waals surface area contributed by atoms with Gasteiger partial charge in [0.15, 0.2) is 0 Å². The van der Waals surface area contributed by atoms with Gasteiger partial charge in [-0.05, 0) is 37.4 Å². The fourth-order valence-electron chi connectivity index (χ4n) is 3.80. The molecule has 130 valence electrons. The van der Waals surface area contributed by atoms with E-state index in [9.17, 15) is 4.79 Å². The van der Waals surface area contributed by atoms with Crippen LogP contribution in [0.4, 0.5) is 0 Å². The number of carbonyl (C=O) groups excluding carboxylic acids is 1. The zero-order valence-corrected chi connectivity index (χ0v) is 14.4. The second kappa shape index (κ2) is 8.40. The minimum Gasteiger partial charge on any atom is -0.340 e. The minimum atomic E-state index is 0.0628. The second-order valence-corrected chi connectivity index (χ2v) is 6.76. The summed E-state index contributed by atoms with van der Waals surface area (Å²) < 4.78 is 0. The van der Waals surface area contributed by atoms with Crippen LogP contribution in [0.2, 0.25) is 0 Å². The number of hydrogen-bond acceptors (Lipinski definition) is 4. The molecule has 0 spiro atoms. The van der Waals surface area contributed by atoms with Crippen molar-refractivity contribution in [2.24, 2.45) is 0 Å². The third-order valence-electron chi connectivity index (χ3n) is 5.04. The molecule has 0 unspecified atom stereocenters. The molecule has 2 aliphatic rings. The molecule has 0 N–H and O–H groups in total. The average molecular weight is 328 g/mol. The smallest absolute Gasteiger partial charge is 0.239 e. The molecule has 2 saturated heterocycles. The van der Waals surface area contributed by atoms with E-state index < -0.39 is 0 Å². The van der Waals surface area contributed by atoms with Crippen molar-refractivity contribution in [1.29, 1.82) is 0 Å². The molecule has 1 aromatic rings. The molecule has 1 aromatic heterocycles. The van der Waals surface area contributed by atoms with Gasteiger partial charge in [0.25, 0.3) is 0 Å². The van der Waals surface area contributed by atoms with Crippen LogP contribution in [-0.4, -0.2) is 70.9 Å². The first kappa shape index (κ1) is 17.1. The first-order valence-corrected chi connectivity index (χ1v) is 9.03. The van der Waals surface area contributed by atoms with Crippen molar-refractivity contribution in [2.75, 3.05) is 39.3 Å². The lowest BCUT2D eigenvalue weighted by Crippen LogP contribution is -2.46. The largest absolute Gasteiger partial charge is 0.340 e. The number of nitrogens with zero attached hydrogens (tertiary/aromatic N) is 4. The normalized spacial score (nSPS) is 23.2. The SMILES string of the molecule is C=CCN1CCC[C@H]1C(=O)N1CCCN(Cc2cccnc2)CC1. The number of hydrogen-bond donors (Lipinski definition) is 0. The van der Waals surface area contributed by atoms with Crippen LogP contribution < -0.4 is 0 Å². The number of rotatable bonds is 5. The average Bonchev–Trinajstić information content (AvgIpc) is 2.94. The van der Waals surface area contributed by atoms with E-state index in [1.165, 1.54) is 5.56 Å². The van der Waals surface area contributed by atoms with Crippen molar-refractivity contribution >= 4 is 5.91 Å². The van der Waals surface area contributed by atoms with Crippen molar-refractivity contribution in [3.05, 3.63) is 42.7 Å². The van der Waals surface area contributed by atoms with Crippen LogP contribution in [-0.2, 0) is 11.3 Å². The van der Waals surface area contributed by atoms with E-state index >= 15 is 0 Å². The van der Waals surface area contributed by atoms with Crippen LogP contribution in [0.25, 0.3) is 0 Å². The third kappa shape index (κ3) is 4.22. The van der Waals surface area contributed by atoms with E-state index in [0.29, 0.717) is 5.91 Å². The Morgan fingerprint density at radius 2 is 2.17 bits per heavy atom. The minimum absolute atomic E-state index is 0.0628. The molecule has 0 radical (unpaired) electrons. The molecule has 3 rings (SSSR count). The molecule has 5 heteroatoms. The van der Waals surface area contributed by atoms with Gasteiger partial charge in [0, 0.05) is 51.7 Å². The third-order valence-corrected chi connectivity index (χ3v) is 5.04. The highest BCUT2D eigenvalue weighted by Crippen LogP contribution is 2.20. The molecule has 0 bridgehead atoms. The molecule has 2 aliphatic heterocycles. The number of amides is 1. The van der Waals surface area contributed by atoms with Gasteiger partial charge in [0.05, 0.1) is 6.04 Å². The molecule has 1 atom stereocenters. The first-order chi connectivity index (χ1) is 11.8. The van der Waals surface area contributed by atoms with Gasteiger partial charge in [-0.25, -0.2) is 0 Å². The molecule has 5 nitrogen and oxygen atoms in total. The molecule has 1 amide bonds. The summed E-state index contributed by atoms with van der Waals surface area (Å²) in [6.45, 7) is 10.3.